The highest BCUT2D eigenvalue weighted by atomic mass is 16.3. The minimum atomic E-state index is 0.135. The highest BCUT2D eigenvalue weighted by molar-refractivity contribution is 5.59. The van der Waals surface area contributed by atoms with Crippen LogP contribution < -0.4 is 10.2 Å². The van der Waals surface area contributed by atoms with Gasteiger partial charge in [-0.25, -0.2) is 9.97 Å². The summed E-state index contributed by atoms with van der Waals surface area (Å²) in [6, 6.07) is 0.394. The molecule has 114 valence electrons. The molecule has 0 aromatic carbocycles. The first-order valence-corrected chi connectivity index (χ1v) is 7.55. The van der Waals surface area contributed by atoms with Gasteiger partial charge in [0.2, 0.25) is 0 Å². The van der Waals surface area contributed by atoms with Gasteiger partial charge in [0.15, 0.2) is 0 Å². The van der Waals surface area contributed by atoms with Crippen molar-refractivity contribution in [2.45, 2.75) is 53.0 Å². The Morgan fingerprint density at radius 2 is 1.85 bits per heavy atom. The van der Waals surface area contributed by atoms with Crippen LogP contribution in [0.2, 0.25) is 0 Å². The molecule has 0 atom stereocenters. The highest BCUT2D eigenvalue weighted by Crippen LogP contribution is 2.26. The number of hydrogen-bond donors (Lipinski definition) is 2. The third kappa shape index (κ3) is 3.60. The van der Waals surface area contributed by atoms with E-state index < -0.39 is 0 Å². The van der Waals surface area contributed by atoms with Gasteiger partial charge in [0.1, 0.15) is 17.5 Å². The molecule has 0 aliphatic heterocycles. The smallest absolute Gasteiger partial charge is 0.137 e. The van der Waals surface area contributed by atoms with Gasteiger partial charge in [-0.2, -0.15) is 0 Å². The van der Waals surface area contributed by atoms with E-state index in [1.165, 1.54) is 0 Å². The molecule has 5 nitrogen and oxygen atoms in total. The minimum absolute atomic E-state index is 0.135. The predicted molar refractivity (Wildman–Crippen MR) is 84.5 cm³/mol. The summed E-state index contributed by atoms with van der Waals surface area (Å²) in [6.07, 6.45) is 2.88. The molecular weight excluding hydrogens is 252 g/mol. The lowest BCUT2D eigenvalue weighted by Crippen LogP contribution is -2.38. The van der Waals surface area contributed by atoms with Gasteiger partial charge in [-0.15, -0.1) is 0 Å². The molecule has 1 rings (SSSR count). The first-order chi connectivity index (χ1) is 9.62. The summed E-state index contributed by atoms with van der Waals surface area (Å²) in [5.74, 6) is 2.66. The highest BCUT2D eigenvalue weighted by Gasteiger charge is 2.21. The average Bonchev–Trinajstić information content (AvgIpc) is 2.48. The van der Waals surface area contributed by atoms with E-state index in [0.717, 1.165) is 42.3 Å². The lowest BCUT2D eigenvalue weighted by atomic mass is 10.1. The largest absolute Gasteiger partial charge is 0.395 e. The normalized spacial score (nSPS) is 10.9. The molecule has 0 spiro atoms. The number of aromatic nitrogens is 2. The molecule has 0 radical (unpaired) electrons. The lowest BCUT2D eigenvalue weighted by molar-refractivity contribution is 0.295. The second-order valence-electron chi connectivity index (χ2n) is 4.93. The van der Waals surface area contributed by atoms with Crippen molar-refractivity contribution in [1.82, 2.24) is 9.97 Å². The van der Waals surface area contributed by atoms with Crippen LogP contribution in [0.4, 0.5) is 11.6 Å². The Kier molecular flexibility index (Phi) is 6.71. The van der Waals surface area contributed by atoms with Crippen molar-refractivity contribution < 1.29 is 5.11 Å². The molecule has 1 aromatic heterocycles. The van der Waals surface area contributed by atoms with Gasteiger partial charge in [-0.05, 0) is 19.8 Å². The van der Waals surface area contributed by atoms with E-state index in [1.54, 1.807) is 0 Å². The predicted octanol–water partition coefficient (Wildman–Crippen LogP) is 2.38. The molecule has 0 amide bonds. The summed E-state index contributed by atoms with van der Waals surface area (Å²) in [5.41, 5.74) is 1.05. The van der Waals surface area contributed by atoms with Gasteiger partial charge in [0.25, 0.3) is 0 Å². The third-order valence-electron chi connectivity index (χ3n) is 3.72. The zero-order chi connectivity index (χ0) is 15.1. The minimum Gasteiger partial charge on any atom is -0.395 e. The lowest BCUT2D eigenvalue weighted by Gasteiger charge is -2.32. The zero-order valence-corrected chi connectivity index (χ0v) is 13.4. The monoisotopic (exact) mass is 280 g/mol. The number of aliphatic hydroxyl groups is 1. The van der Waals surface area contributed by atoms with Gasteiger partial charge >= 0.3 is 0 Å². The number of hydrogen-bond acceptors (Lipinski definition) is 5. The topological polar surface area (TPSA) is 61.3 Å². The Bertz CT molecular complexity index is 419. The quantitative estimate of drug-likeness (QED) is 0.765. The number of rotatable bonds is 8. The van der Waals surface area contributed by atoms with Crippen molar-refractivity contribution in [3.8, 4) is 0 Å². The maximum absolute atomic E-state index is 9.38. The molecule has 0 aliphatic rings. The van der Waals surface area contributed by atoms with Crippen LogP contribution in [-0.2, 0) is 6.42 Å². The van der Waals surface area contributed by atoms with Gasteiger partial charge in [0, 0.05) is 31.6 Å². The van der Waals surface area contributed by atoms with Gasteiger partial charge in [-0.1, -0.05) is 20.8 Å². The van der Waals surface area contributed by atoms with Crippen molar-refractivity contribution in [2.75, 3.05) is 30.4 Å². The number of aliphatic hydroxyl groups excluding tert-OH is 1. The van der Waals surface area contributed by atoms with E-state index in [2.05, 4.69) is 36.0 Å². The molecule has 0 unspecified atom stereocenters. The number of nitrogens with one attached hydrogen (secondary N) is 1. The molecule has 0 saturated heterocycles. The second kappa shape index (κ2) is 8.04. The van der Waals surface area contributed by atoms with Crippen LogP contribution in [0.3, 0.4) is 0 Å². The standard InChI is InChI=1S/C15H28N4O/c1-6-12(7-2)19(9-10-20)15-11(4)14(16-5)17-13(8-3)18-15/h12,20H,6-10H2,1-5H3,(H,16,17,18). The van der Waals surface area contributed by atoms with Gasteiger partial charge < -0.3 is 15.3 Å². The summed E-state index contributed by atoms with van der Waals surface area (Å²) in [5, 5.41) is 12.5. The Hall–Kier alpha value is -1.36. The van der Waals surface area contributed by atoms with Gasteiger partial charge in [0.05, 0.1) is 6.61 Å². The Labute approximate surface area is 122 Å². The molecule has 2 N–H and O–H groups in total. The van der Waals surface area contributed by atoms with Crippen LogP contribution in [-0.4, -0.2) is 41.3 Å². The summed E-state index contributed by atoms with van der Waals surface area (Å²) in [7, 11) is 1.88. The van der Waals surface area contributed by atoms with E-state index in [0.29, 0.717) is 12.6 Å². The Morgan fingerprint density at radius 1 is 1.20 bits per heavy atom. The van der Waals surface area contributed by atoms with Crippen molar-refractivity contribution in [3.05, 3.63) is 11.4 Å². The molecular formula is C15H28N4O. The van der Waals surface area contributed by atoms with Crippen molar-refractivity contribution in [3.63, 3.8) is 0 Å². The molecule has 0 aliphatic carbocycles. The Balaban J connectivity index is 3.30. The molecule has 5 heteroatoms. The average molecular weight is 280 g/mol. The first-order valence-electron chi connectivity index (χ1n) is 7.55. The fraction of sp³-hybridized carbons (Fsp3) is 0.733. The van der Waals surface area contributed by atoms with E-state index in [1.807, 2.05) is 14.0 Å². The van der Waals surface area contributed by atoms with E-state index >= 15 is 0 Å². The van der Waals surface area contributed by atoms with Crippen LogP contribution in [0.25, 0.3) is 0 Å². The molecule has 20 heavy (non-hydrogen) atoms. The van der Waals surface area contributed by atoms with Crippen LogP contribution in [0.1, 0.15) is 45.0 Å². The summed E-state index contributed by atoms with van der Waals surface area (Å²) < 4.78 is 0. The van der Waals surface area contributed by atoms with Crippen LogP contribution in [0.5, 0.6) is 0 Å². The van der Waals surface area contributed by atoms with Crippen molar-refractivity contribution >= 4 is 11.6 Å². The maximum atomic E-state index is 9.38. The van der Waals surface area contributed by atoms with E-state index in [9.17, 15) is 5.11 Å². The van der Waals surface area contributed by atoms with Crippen LogP contribution in [0, 0.1) is 6.92 Å². The number of aryl methyl sites for hydroxylation is 1. The zero-order valence-electron chi connectivity index (χ0n) is 13.4. The maximum Gasteiger partial charge on any atom is 0.137 e. The van der Waals surface area contributed by atoms with E-state index in [-0.39, 0.29) is 6.61 Å². The first kappa shape index (κ1) is 16.7. The number of anilines is 2. The second-order valence-corrected chi connectivity index (χ2v) is 4.93. The number of nitrogens with zero attached hydrogens (tertiary/aromatic N) is 3. The van der Waals surface area contributed by atoms with E-state index in [4.69, 9.17) is 4.98 Å². The van der Waals surface area contributed by atoms with Crippen molar-refractivity contribution in [1.29, 1.82) is 0 Å². The molecule has 0 saturated carbocycles. The van der Waals surface area contributed by atoms with Crippen LogP contribution >= 0.6 is 0 Å². The molecule has 0 bridgehead atoms. The molecule has 1 aromatic rings. The fourth-order valence-electron chi connectivity index (χ4n) is 2.53. The Morgan fingerprint density at radius 3 is 2.30 bits per heavy atom. The van der Waals surface area contributed by atoms with Crippen molar-refractivity contribution in [2.24, 2.45) is 0 Å². The summed E-state index contributed by atoms with van der Waals surface area (Å²) >= 11 is 0. The van der Waals surface area contributed by atoms with Gasteiger partial charge in [-0.3, -0.25) is 0 Å². The molecule has 1 heterocycles. The SMILES string of the molecule is CCc1nc(NC)c(C)c(N(CCO)C(CC)CC)n1. The summed E-state index contributed by atoms with van der Waals surface area (Å²) in [6.45, 7) is 9.19. The molecule has 0 fully saturated rings. The third-order valence-corrected chi connectivity index (χ3v) is 3.72. The van der Waals surface area contributed by atoms with Crippen LogP contribution in [0.15, 0.2) is 0 Å². The summed E-state index contributed by atoms with van der Waals surface area (Å²) in [4.78, 5) is 11.4. The fourth-order valence-corrected chi connectivity index (χ4v) is 2.53.